The van der Waals surface area contributed by atoms with Gasteiger partial charge in [-0.2, -0.15) is 18.3 Å². The van der Waals surface area contributed by atoms with Crippen molar-refractivity contribution in [1.29, 1.82) is 0 Å². The van der Waals surface area contributed by atoms with E-state index >= 15 is 0 Å². The highest BCUT2D eigenvalue weighted by atomic mass is 19.4. The molecule has 13 heteroatoms. The number of alkyl halides is 3. The first kappa shape index (κ1) is 24.3. The van der Waals surface area contributed by atoms with Gasteiger partial charge in [-0.25, -0.2) is 18.7 Å². The van der Waals surface area contributed by atoms with Crippen molar-refractivity contribution in [2.45, 2.75) is 31.7 Å². The predicted molar refractivity (Wildman–Crippen MR) is 114 cm³/mol. The number of rotatable bonds is 8. The monoisotopic (exact) mass is 494 g/mol. The van der Waals surface area contributed by atoms with Crippen LogP contribution in [0.3, 0.4) is 0 Å². The minimum atomic E-state index is -4.93. The van der Waals surface area contributed by atoms with Crippen LogP contribution >= 0.6 is 0 Å². The maximum Gasteiger partial charge on any atom is 0.418 e. The molecule has 2 N–H and O–H groups in total. The van der Waals surface area contributed by atoms with Crippen LogP contribution in [-0.2, 0) is 6.54 Å². The lowest BCUT2D eigenvalue weighted by molar-refractivity contribution is -0.255. The predicted octanol–water partition coefficient (Wildman–Crippen LogP) is 4.44. The second-order valence-electron chi connectivity index (χ2n) is 7.68. The van der Waals surface area contributed by atoms with Crippen LogP contribution < -0.4 is 5.32 Å². The lowest BCUT2D eigenvalue weighted by Crippen LogP contribution is -2.50. The number of aliphatic hydroxyl groups is 1. The molecule has 1 aromatic carbocycles. The molecule has 0 bridgehead atoms. The van der Waals surface area contributed by atoms with E-state index in [1.165, 1.54) is 23.1 Å². The molecule has 4 aromatic rings. The molecule has 0 fully saturated rings. The molecule has 1 unspecified atom stereocenters. The van der Waals surface area contributed by atoms with Crippen molar-refractivity contribution in [3.8, 4) is 22.9 Å². The van der Waals surface area contributed by atoms with E-state index in [0.717, 1.165) is 13.1 Å². The highest BCUT2D eigenvalue weighted by Gasteiger charge is 2.52. The summed E-state index contributed by atoms with van der Waals surface area (Å²) in [6, 6.07) is 9.15. The van der Waals surface area contributed by atoms with Crippen LogP contribution in [0, 0.1) is 11.6 Å². The van der Waals surface area contributed by atoms with Crippen molar-refractivity contribution in [1.82, 2.24) is 24.9 Å². The molecule has 35 heavy (non-hydrogen) atoms. The van der Waals surface area contributed by atoms with Crippen molar-refractivity contribution in [2.75, 3.05) is 11.9 Å². The lowest BCUT2D eigenvalue weighted by atomic mass is 10.0. The summed E-state index contributed by atoms with van der Waals surface area (Å²) in [5.74, 6) is -2.12. The molecule has 0 aliphatic carbocycles. The number of nitrogens with zero attached hydrogens (tertiary/aromatic N) is 5. The smallest absolute Gasteiger partial charge is 0.379 e. The largest absolute Gasteiger partial charge is 0.418 e. The molecule has 0 radical (unpaired) electrons. The minimum absolute atomic E-state index is 0.0102. The molecule has 3 heterocycles. The normalized spacial score (nSPS) is 13.6. The molecular formula is C22H19F5N6O2. The maximum absolute atomic E-state index is 14.3. The van der Waals surface area contributed by atoms with Crippen molar-refractivity contribution in [3.63, 3.8) is 0 Å². The highest BCUT2D eigenvalue weighted by Crippen LogP contribution is 2.33. The van der Waals surface area contributed by atoms with Crippen LogP contribution in [0.15, 0.2) is 53.4 Å². The van der Waals surface area contributed by atoms with Crippen molar-refractivity contribution in [2.24, 2.45) is 0 Å². The van der Waals surface area contributed by atoms with E-state index in [1.54, 1.807) is 24.3 Å². The lowest BCUT2D eigenvalue weighted by Gasteiger charge is -2.29. The first-order valence-electron chi connectivity index (χ1n) is 10.4. The topological polar surface area (TPSA) is 102 Å². The van der Waals surface area contributed by atoms with Crippen molar-refractivity contribution in [3.05, 3.63) is 66.1 Å². The molecule has 0 spiro atoms. The second kappa shape index (κ2) is 9.41. The number of nitrogens with one attached hydrogen (secondary N) is 1. The van der Waals surface area contributed by atoms with Gasteiger partial charge in [-0.15, -0.1) is 0 Å². The summed E-state index contributed by atoms with van der Waals surface area (Å²) < 4.78 is 74.3. The Balaban J connectivity index is 1.68. The Labute approximate surface area is 195 Å². The first-order valence-corrected chi connectivity index (χ1v) is 10.4. The summed E-state index contributed by atoms with van der Waals surface area (Å²) in [6.45, 7) is 0.146. The average Bonchev–Trinajstić information content (AvgIpc) is 3.49. The minimum Gasteiger partial charge on any atom is -0.379 e. The van der Waals surface area contributed by atoms with E-state index in [9.17, 15) is 27.1 Å². The SMILES string of the molecule is CCC(O)(CNc1nc(-c2cc(-c3ccon3)n(Cc3ccccc3F)n2)ncc1F)C(F)(F)F. The number of anilines is 1. The van der Waals surface area contributed by atoms with Crippen LogP contribution in [0.5, 0.6) is 0 Å². The van der Waals surface area contributed by atoms with E-state index in [1.807, 2.05) is 0 Å². The van der Waals surface area contributed by atoms with Gasteiger partial charge in [-0.3, -0.25) is 4.68 Å². The molecule has 8 nitrogen and oxygen atoms in total. The summed E-state index contributed by atoms with van der Waals surface area (Å²) >= 11 is 0. The van der Waals surface area contributed by atoms with E-state index < -0.39 is 42.2 Å². The van der Waals surface area contributed by atoms with Gasteiger partial charge in [0.15, 0.2) is 23.1 Å². The fourth-order valence-corrected chi connectivity index (χ4v) is 3.26. The summed E-state index contributed by atoms with van der Waals surface area (Å²) in [5, 5.41) is 20.3. The van der Waals surface area contributed by atoms with Gasteiger partial charge in [0.05, 0.1) is 25.0 Å². The molecule has 1 atom stereocenters. The molecule has 4 rings (SSSR count). The Morgan fingerprint density at radius 3 is 2.51 bits per heavy atom. The third-order valence-corrected chi connectivity index (χ3v) is 5.39. The first-order chi connectivity index (χ1) is 16.6. The Kier molecular flexibility index (Phi) is 6.52. The summed E-state index contributed by atoms with van der Waals surface area (Å²) in [7, 11) is 0. The Bertz CT molecular complexity index is 1310. The molecule has 184 valence electrons. The molecule has 0 amide bonds. The van der Waals surface area contributed by atoms with Crippen LogP contribution in [0.4, 0.5) is 27.8 Å². The number of hydrogen-bond acceptors (Lipinski definition) is 7. The molecule has 3 aromatic heterocycles. The van der Waals surface area contributed by atoms with Gasteiger partial charge in [-0.05, 0) is 18.6 Å². The summed E-state index contributed by atoms with van der Waals surface area (Å²) in [4.78, 5) is 7.83. The van der Waals surface area contributed by atoms with E-state index in [0.29, 0.717) is 17.0 Å². The number of halogens is 5. The molecule has 0 aliphatic heterocycles. The molecule has 0 aliphatic rings. The van der Waals surface area contributed by atoms with Gasteiger partial charge >= 0.3 is 6.18 Å². The van der Waals surface area contributed by atoms with Gasteiger partial charge in [0.2, 0.25) is 0 Å². The van der Waals surface area contributed by atoms with Crippen molar-refractivity contribution >= 4 is 5.82 Å². The number of aromatic nitrogens is 5. The quantitative estimate of drug-likeness (QED) is 0.349. The third-order valence-electron chi connectivity index (χ3n) is 5.39. The highest BCUT2D eigenvalue weighted by molar-refractivity contribution is 5.63. The van der Waals surface area contributed by atoms with Crippen LogP contribution in [0.25, 0.3) is 22.9 Å². The van der Waals surface area contributed by atoms with Crippen LogP contribution in [-0.4, -0.2) is 48.3 Å². The fourth-order valence-electron chi connectivity index (χ4n) is 3.26. The van der Waals surface area contributed by atoms with Gasteiger partial charge < -0.3 is 14.9 Å². The second-order valence-corrected chi connectivity index (χ2v) is 7.68. The van der Waals surface area contributed by atoms with Gasteiger partial charge in [0.1, 0.15) is 23.5 Å². The fraction of sp³-hybridized carbons (Fsp3) is 0.273. The van der Waals surface area contributed by atoms with Crippen LogP contribution in [0.2, 0.25) is 0 Å². The maximum atomic E-state index is 14.3. The Morgan fingerprint density at radius 1 is 1.09 bits per heavy atom. The summed E-state index contributed by atoms with van der Waals surface area (Å²) in [5.41, 5.74) is -1.83. The van der Waals surface area contributed by atoms with E-state index in [-0.39, 0.29) is 18.1 Å². The number of hydrogen-bond donors (Lipinski definition) is 2. The molecule has 0 saturated carbocycles. The molecular weight excluding hydrogens is 475 g/mol. The Hall–Kier alpha value is -3.87. The Morgan fingerprint density at radius 2 is 1.86 bits per heavy atom. The van der Waals surface area contributed by atoms with Crippen LogP contribution in [0.1, 0.15) is 18.9 Å². The van der Waals surface area contributed by atoms with Gasteiger partial charge in [0, 0.05) is 11.6 Å². The summed E-state index contributed by atoms with van der Waals surface area (Å²) in [6.07, 6.45) is -3.47. The zero-order valence-electron chi connectivity index (χ0n) is 18.2. The van der Waals surface area contributed by atoms with Crippen molar-refractivity contribution < 1.29 is 31.6 Å². The molecule has 0 saturated heterocycles. The zero-order chi connectivity index (χ0) is 25.2. The zero-order valence-corrected chi connectivity index (χ0v) is 18.2. The standard InChI is InChI=1S/C22H19F5N6O2/c1-2-21(34,22(25,26)27)12-29-19-15(24)10-28-20(30-19)17-9-18(16-7-8-35-32-16)33(31-17)11-13-5-3-4-6-14(13)23/h3-10,34H,2,11-12H2,1H3,(H,28,29,30). The third kappa shape index (κ3) is 4.99. The van der Waals surface area contributed by atoms with Gasteiger partial charge in [-0.1, -0.05) is 30.3 Å². The van der Waals surface area contributed by atoms with Gasteiger partial charge in [0.25, 0.3) is 0 Å². The van der Waals surface area contributed by atoms with E-state index in [2.05, 4.69) is 25.5 Å². The van der Waals surface area contributed by atoms with E-state index in [4.69, 9.17) is 4.52 Å². The number of benzene rings is 1. The average molecular weight is 494 g/mol.